The fourth-order valence-electron chi connectivity index (χ4n) is 2.29. The van der Waals surface area contributed by atoms with Crippen LogP contribution in [0.2, 0.25) is 0 Å². The van der Waals surface area contributed by atoms with Crippen LogP contribution in [0.15, 0.2) is 0 Å². The number of carbonyl (C=O) groups excluding carboxylic acids is 4. The second kappa shape index (κ2) is 6.58. The molecule has 0 saturated carbocycles. The number of nitrogens with zero attached hydrogens (tertiary/aromatic N) is 2. The molecule has 0 aliphatic carbocycles. The average molecular weight is 284 g/mol. The Kier molecular flexibility index (Phi) is 5.34. The standard InChI is InChI=1S/C11H16N4O4.CH4/c1-7(15-5-10(18)13-11(19)6-15)2-14-3-8(16)12-9(17)4-14;/h7H,2-6H2,1H3,(H,12,16,17)(H,13,18,19);1H4/t7-;/m0./s1. The van der Waals surface area contributed by atoms with Gasteiger partial charge in [-0.05, 0) is 6.92 Å². The van der Waals surface area contributed by atoms with Crippen LogP contribution in [-0.4, -0.2) is 72.2 Å². The summed E-state index contributed by atoms with van der Waals surface area (Å²) in [6.45, 7) is 2.94. The maximum absolute atomic E-state index is 11.3. The van der Waals surface area contributed by atoms with Gasteiger partial charge < -0.3 is 0 Å². The maximum Gasteiger partial charge on any atom is 0.240 e. The molecule has 0 aromatic heterocycles. The minimum Gasteiger partial charge on any atom is -0.294 e. The Morgan fingerprint density at radius 2 is 1.30 bits per heavy atom. The van der Waals surface area contributed by atoms with Gasteiger partial charge in [-0.3, -0.25) is 39.6 Å². The van der Waals surface area contributed by atoms with Crippen LogP contribution in [0.3, 0.4) is 0 Å². The highest BCUT2D eigenvalue weighted by Crippen LogP contribution is 2.06. The van der Waals surface area contributed by atoms with Crippen molar-refractivity contribution in [1.82, 2.24) is 20.4 Å². The number of nitrogens with one attached hydrogen (secondary N) is 2. The number of hydrogen-bond donors (Lipinski definition) is 2. The van der Waals surface area contributed by atoms with Gasteiger partial charge in [0.05, 0.1) is 26.2 Å². The first-order valence-electron chi connectivity index (χ1n) is 6.06. The minimum absolute atomic E-state index is 0. The average Bonchev–Trinajstić information content (AvgIpc) is 2.25. The van der Waals surface area contributed by atoms with Crippen molar-refractivity contribution in [3.8, 4) is 0 Å². The number of piperazine rings is 2. The molecule has 0 aromatic carbocycles. The van der Waals surface area contributed by atoms with Crippen LogP contribution >= 0.6 is 0 Å². The predicted molar refractivity (Wildman–Crippen MR) is 70.5 cm³/mol. The molecule has 0 bridgehead atoms. The van der Waals surface area contributed by atoms with Crippen LogP contribution < -0.4 is 10.6 Å². The summed E-state index contributed by atoms with van der Waals surface area (Å²) >= 11 is 0. The lowest BCUT2D eigenvalue weighted by atomic mass is 10.2. The summed E-state index contributed by atoms with van der Waals surface area (Å²) in [5.74, 6) is -1.29. The number of amides is 4. The number of hydrogen-bond acceptors (Lipinski definition) is 6. The fourth-order valence-corrected chi connectivity index (χ4v) is 2.29. The van der Waals surface area contributed by atoms with E-state index in [2.05, 4.69) is 10.6 Å². The summed E-state index contributed by atoms with van der Waals surface area (Å²) in [5.41, 5.74) is 0. The highest BCUT2D eigenvalue weighted by atomic mass is 16.2. The zero-order valence-electron chi connectivity index (χ0n) is 10.6. The molecule has 8 heteroatoms. The number of rotatable bonds is 3. The Hall–Kier alpha value is -1.80. The Labute approximate surface area is 117 Å². The first-order chi connectivity index (χ1) is 8.94. The number of imide groups is 2. The van der Waals surface area contributed by atoms with E-state index in [9.17, 15) is 19.2 Å². The molecule has 20 heavy (non-hydrogen) atoms. The highest BCUT2D eigenvalue weighted by molar-refractivity contribution is 6.00. The minimum atomic E-state index is -0.324. The molecule has 112 valence electrons. The van der Waals surface area contributed by atoms with Crippen molar-refractivity contribution in [2.75, 3.05) is 32.7 Å². The van der Waals surface area contributed by atoms with Gasteiger partial charge in [0.1, 0.15) is 0 Å². The lowest BCUT2D eigenvalue weighted by Gasteiger charge is -2.35. The van der Waals surface area contributed by atoms with Gasteiger partial charge in [0.2, 0.25) is 23.6 Å². The molecule has 2 N–H and O–H groups in total. The third-order valence-corrected chi connectivity index (χ3v) is 3.13. The van der Waals surface area contributed by atoms with Crippen LogP contribution in [0.1, 0.15) is 14.4 Å². The second-order valence-electron chi connectivity index (χ2n) is 4.87. The molecule has 2 aliphatic rings. The molecule has 2 heterocycles. The molecule has 0 spiro atoms. The van der Waals surface area contributed by atoms with Gasteiger partial charge in [0.15, 0.2) is 0 Å². The van der Waals surface area contributed by atoms with E-state index in [0.29, 0.717) is 6.54 Å². The van der Waals surface area contributed by atoms with Crippen molar-refractivity contribution < 1.29 is 19.2 Å². The zero-order chi connectivity index (χ0) is 14.0. The van der Waals surface area contributed by atoms with Gasteiger partial charge in [0, 0.05) is 12.6 Å². The first kappa shape index (κ1) is 16.3. The van der Waals surface area contributed by atoms with Crippen LogP contribution in [0.25, 0.3) is 0 Å². The van der Waals surface area contributed by atoms with E-state index in [4.69, 9.17) is 0 Å². The molecule has 4 amide bonds. The van der Waals surface area contributed by atoms with Crippen LogP contribution in [0.4, 0.5) is 0 Å². The lowest BCUT2D eigenvalue weighted by molar-refractivity contribution is -0.140. The summed E-state index contributed by atoms with van der Waals surface area (Å²) < 4.78 is 0. The highest BCUT2D eigenvalue weighted by Gasteiger charge is 2.29. The van der Waals surface area contributed by atoms with Crippen LogP contribution in [0.5, 0.6) is 0 Å². The SMILES string of the molecule is C.C[C@@H](CN1CC(=O)NC(=O)C1)N1CC(=O)NC(=O)C1. The molecule has 8 nitrogen and oxygen atoms in total. The third kappa shape index (κ3) is 4.10. The molecule has 1 atom stereocenters. The van der Waals surface area contributed by atoms with Crippen molar-refractivity contribution >= 4 is 23.6 Å². The van der Waals surface area contributed by atoms with Gasteiger partial charge in [-0.1, -0.05) is 7.43 Å². The van der Waals surface area contributed by atoms with Crippen molar-refractivity contribution in [3.05, 3.63) is 0 Å². The van der Waals surface area contributed by atoms with Crippen molar-refractivity contribution in [2.45, 2.75) is 20.4 Å². The molecule has 2 aliphatic heterocycles. The quantitative estimate of drug-likeness (QED) is 0.578. The van der Waals surface area contributed by atoms with E-state index < -0.39 is 0 Å². The first-order valence-corrected chi connectivity index (χ1v) is 6.06. The maximum atomic E-state index is 11.3. The van der Waals surface area contributed by atoms with Gasteiger partial charge in [-0.2, -0.15) is 0 Å². The molecule has 0 aromatic rings. The number of carbonyl (C=O) groups is 4. The largest absolute Gasteiger partial charge is 0.294 e. The summed E-state index contributed by atoms with van der Waals surface area (Å²) in [4.78, 5) is 48.5. The van der Waals surface area contributed by atoms with Crippen LogP contribution in [0, 0.1) is 0 Å². The topological polar surface area (TPSA) is 98.8 Å². The third-order valence-electron chi connectivity index (χ3n) is 3.13. The summed E-state index contributed by atoms with van der Waals surface area (Å²) in [7, 11) is 0. The van der Waals surface area contributed by atoms with E-state index >= 15 is 0 Å². The van der Waals surface area contributed by atoms with Gasteiger partial charge in [0.25, 0.3) is 0 Å². The monoisotopic (exact) mass is 284 g/mol. The van der Waals surface area contributed by atoms with Crippen LogP contribution in [-0.2, 0) is 19.2 Å². The Bertz CT molecular complexity index is 405. The van der Waals surface area contributed by atoms with E-state index in [0.717, 1.165) is 0 Å². The van der Waals surface area contributed by atoms with Gasteiger partial charge in [-0.25, -0.2) is 0 Å². The van der Waals surface area contributed by atoms with E-state index in [-0.39, 0.29) is 63.3 Å². The Balaban J connectivity index is 0.00000200. The normalized spacial score (nSPS) is 22.9. The molecule has 2 fully saturated rings. The second-order valence-corrected chi connectivity index (χ2v) is 4.87. The summed E-state index contributed by atoms with van der Waals surface area (Å²) in [5, 5.41) is 4.46. The zero-order valence-corrected chi connectivity index (χ0v) is 10.6. The van der Waals surface area contributed by atoms with E-state index in [1.165, 1.54) is 0 Å². The predicted octanol–water partition coefficient (Wildman–Crippen LogP) is -2.07. The van der Waals surface area contributed by atoms with Gasteiger partial charge in [-0.15, -0.1) is 0 Å². The Morgan fingerprint density at radius 1 is 0.900 bits per heavy atom. The van der Waals surface area contributed by atoms with Crippen molar-refractivity contribution in [2.24, 2.45) is 0 Å². The summed E-state index contributed by atoms with van der Waals surface area (Å²) in [6, 6.07) is -0.0892. The van der Waals surface area contributed by atoms with E-state index in [1.54, 1.807) is 9.80 Å². The molecular formula is C12H20N4O4. The summed E-state index contributed by atoms with van der Waals surface area (Å²) in [6.07, 6.45) is 0. The van der Waals surface area contributed by atoms with Crippen molar-refractivity contribution in [1.29, 1.82) is 0 Å². The molecular weight excluding hydrogens is 264 g/mol. The van der Waals surface area contributed by atoms with Gasteiger partial charge >= 0.3 is 0 Å². The molecule has 0 radical (unpaired) electrons. The molecule has 0 unspecified atom stereocenters. The fraction of sp³-hybridized carbons (Fsp3) is 0.667. The van der Waals surface area contributed by atoms with E-state index in [1.807, 2.05) is 6.92 Å². The molecule has 2 saturated heterocycles. The molecule has 2 rings (SSSR count). The smallest absolute Gasteiger partial charge is 0.240 e. The Morgan fingerprint density at radius 3 is 1.75 bits per heavy atom. The van der Waals surface area contributed by atoms with Crippen molar-refractivity contribution in [3.63, 3.8) is 0 Å². The lowest BCUT2D eigenvalue weighted by Crippen LogP contribution is -2.58.